The van der Waals surface area contributed by atoms with Crippen molar-refractivity contribution in [3.05, 3.63) is 89.2 Å². The number of carbonyl (C=O) groups is 4. The predicted octanol–water partition coefficient (Wildman–Crippen LogP) is 4.56. The molecular formula is C24H17FN2O4S. The van der Waals surface area contributed by atoms with Gasteiger partial charge in [-0.25, -0.2) is 9.29 Å². The van der Waals surface area contributed by atoms with E-state index in [-0.39, 0.29) is 27.9 Å². The highest BCUT2D eigenvalue weighted by molar-refractivity contribution is 8.00. The van der Waals surface area contributed by atoms with Gasteiger partial charge in [0, 0.05) is 16.1 Å². The molecule has 0 unspecified atom stereocenters. The summed E-state index contributed by atoms with van der Waals surface area (Å²) in [4.78, 5) is 50.3. The monoisotopic (exact) mass is 448 g/mol. The van der Waals surface area contributed by atoms with Gasteiger partial charge in [-0.15, -0.1) is 11.8 Å². The minimum atomic E-state index is -0.567. The summed E-state index contributed by atoms with van der Waals surface area (Å²) in [6.45, 7) is 1.35. The van der Waals surface area contributed by atoms with Gasteiger partial charge in [0.2, 0.25) is 5.91 Å². The molecule has 32 heavy (non-hydrogen) atoms. The molecule has 1 N–H and O–H groups in total. The Labute approximate surface area is 187 Å². The minimum absolute atomic E-state index is 0.0619. The van der Waals surface area contributed by atoms with E-state index < -0.39 is 17.6 Å². The van der Waals surface area contributed by atoms with Crippen molar-refractivity contribution in [1.29, 1.82) is 0 Å². The van der Waals surface area contributed by atoms with Crippen molar-refractivity contribution in [3.8, 4) is 0 Å². The lowest BCUT2D eigenvalue weighted by molar-refractivity contribution is -0.113. The Kier molecular flexibility index (Phi) is 5.87. The van der Waals surface area contributed by atoms with Gasteiger partial charge in [-0.2, -0.15) is 0 Å². The van der Waals surface area contributed by atoms with E-state index in [2.05, 4.69) is 5.32 Å². The standard InChI is InChI=1S/C24H17FN2O4S/c1-14(28)15-9-10-21(20(25)11-15)32-13-22(29)26-16-5-4-6-17(12-16)27-23(30)18-7-2-3-8-19(18)24(27)31/h2-12H,13H2,1H3,(H,26,29). The predicted molar refractivity (Wildman–Crippen MR) is 120 cm³/mol. The van der Waals surface area contributed by atoms with Crippen LogP contribution < -0.4 is 10.2 Å². The minimum Gasteiger partial charge on any atom is -0.325 e. The topological polar surface area (TPSA) is 83.6 Å². The first kappa shape index (κ1) is 21.5. The lowest BCUT2D eigenvalue weighted by atomic mass is 10.1. The summed E-state index contributed by atoms with van der Waals surface area (Å²) in [5.41, 5.74) is 1.67. The first-order chi connectivity index (χ1) is 15.3. The fourth-order valence-electron chi connectivity index (χ4n) is 3.32. The Morgan fingerprint density at radius 3 is 2.25 bits per heavy atom. The highest BCUT2D eigenvalue weighted by Gasteiger charge is 2.36. The van der Waals surface area contributed by atoms with Crippen molar-refractivity contribution in [3.63, 3.8) is 0 Å². The summed E-state index contributed by atoms with van der Waals surface area (Å²) in [6.07, 6.45) is 0. The Morgan fingerprint density at radius 2 is 1.62 bits per heavy atom. The molecule has 3 aromatic rings. The summed E-state index contributed by atoms with van der Waals surface area (Å²) >= 11 is 1.000. The van der Waals surface area contributed by atoms with Crippen LogP contribution in [-0.2, 0) is 4.79 Å². The molecule has 1 heterocycles. The van der Waals surface area contributed by atoms with Crippen molar-refractivity contribution in [2.75, 3.05) is 16.0 Å². The number of thioether (sulfide) groups is 1. The van der Waals surface area contributed by atoms with Crippen molar-refractivity contribution < 1.29 is 23.6 Å². The molecule has 0 saturated heterocycles. The van der Waals surface area contributed by atoms with Crippen LogP contribution in [0.5, 0.6) is 0 Å². The van der Waals surface area contributed by atoms with Gasteiger partial charge in [0.1, 0.15) is 5.82 Å². The molecular weight excluding hydrogens is 431 g/mol. The molecule has 160 valence electrons. The van der Waals surface area contributed by atoms with Crippen LogP contribution in [0.1, 0.15) is 38.0 Å². The summed E-state index contributed by atoms with van der Waals surface area (Å²) in [7, 11) is 0. The molecule has 0 saturated carbocycles. The summed E-state index contributed by atoms with van der Waals surface area (Å²) in [5, 5.41) is 2.69. The normalized spacial score (nSPS) is 12.6. The number of Topliss-reactive ketones (excluding diaryl/α,β-unsaturated/α-hetero) is 1. The molecule has 1 aliphatic rings. The maximum absolute atomic E-state index is 14.1. The molecule has 8 heteroatoms. The second-order valence-corrected chi connectivity index (χ2v) is 8.10. The molecule has 0 bridgehead atoms. The van der Waals surface area contributed by atoms with Gasteiger partial charge in [-0.3, -0.25) is 19.2 Å². The number of nitrogens with zero attached hydrogens (tertiary/aromatic N) is 1. The van der Waals surface area contributed by atoms with E-state index in [1.807, 2.05) is 0 Å². The maximum Gasteiger partial charge on any atom is 0.266 e. The molecule has 6 nitrogen and oxygen atoms in total. The van der Waals surface area contributed by atoms with E-state index in [1.54, 1.807) is 42.5 Å². The number of hydrogen-bond donors (Lipinski definition) is 1. The van der Waals surface area contributed by atoms with E-state index in [0.717, 1.165) is 22.7 Å². The maximum atomic E-state index is 14.1. The number of rotatable bonds is 6. The quantitative estimate of drug-likeness (QED) is 0.340. The number of imide groups is 1. The van der Waals surface area contributed by atoms with Gasteiger partial charge in [-0.05, 0) is 49.4 Å². The molecule has 0 atom stereocenters. The summed E-state index contributed by atoms with van der Waals surface area (Å²) in [6, 6.07) is 17.1. The number of hydrogen-bond acceptors (Lipinski definition) is 5. The molecule has 0 fully saturated rings. The van der Waals surface area contributed by atoms with E-state index in [0.29, 0.717) is 22.5 Å². The molecule has 4 rings (SSSR count). The molecule has 3 amide bonds. The van der Waals surface area contributed by atoms with Gasteiger partial charge in [0.25, 0.3) is 11.8 Å². The van der Waals surface area contributed by atoms with E-state index in [9.17, 15) is 23.6 Å². The zero-order valence-electron chi connectivity index (χ0n) is 16.9. The Hall–Kier alpha value is -3.78. The van der Waals surface area contributed by atoms with Crippen LogP contribution in [0.3, 0.4) is 0 Å². The zero-order chi connectivity index (χ0) is 22.8. The fraction of sp³-hybridized carbons (Fsp3) is 0.0833. The second kappa shape index (κ2) is 8.76. The van der Waals surface area contributed by atoms with Crippen molar-refractivity contribution >= 4 is 46.6 Å². The van der Waals surface area contributed by atoms with Crippen molar-refractivity contribution in [2.24, 2.45) is 0 Å². The third kappa shape index (κ3) is 4.17. The number of ketones is 1. The van der Waals surface area contributed by atoms with Gasteiger partial charge in [0.05, 0.1) is 22.6 Å². The number of anilines is 2. The summed E-state index contributed by atoms with van der Waals surface area (Å²) < 4.78 is 14.1. The van der Waals surface area contributed by atoms with Crippen LogP contribution in [0.2, 0.25) is 0 Å². The van der Waals surface area contributed by atoms with Crippen LogP contribution in [-0.4, -0.2) is 29.3 Å². The average Bonchev–Trinajstić information content (AvgIpc) is 3.03. The van der Waals surface area contributed by atoms with E-state index in [1.165, 1.54) is 25.1 Å². The second-order valence-electron chi connectivity index (χ2n) is 7.08. The number of nitrogens with one attached hydrogen (secondary N) is 1. The van der Waals surface area contributed by atoms with Crippen molar-refractivity contribution in [2.45, 2.75) is 11.8 Å². The van der Waals surface area contributed by atoms with Gasteiger partial charge >= 0.3 is 0 Å². The Bertz CT molecular complexity index is 1240. The number of carbonyl (C=O) groups excluding carboxylic acids is 4. The third-order valence-electron chi connectivity index (χ3n) is 4.88. The molecule has 0 aliphatic carbocycles. The van der Waals surface area contributed by atoms with Crippen LogP contribution in [0.4, 0.5) is 15.8 Å². The molecule has 0 radical (unpaired) electrons. The first-order valence-electron chi connectivity index (χ1n) is 9.66. The molecule has 1 aliphatic heterocycles. The number of halogens is 1. The smallest absolute Gasteiger partial charge is 0.266 e. The summed E-state index contributed by atoms with van der Waals surface area (Å²) in [5.74, 6) is -2.10. The first-order valence-corrected chi connectivity index (χ1v) is 10.6. The third-order valence-corrected chi connectivity index (χ3v) is 5.93. The molecule has 3 aromatic carbocycles. The lowest BCUT2D eigenvalue weighted by Gasteiger charge is -2.15. The van der Waals surface area contributed by atoms with Gasteiger partial charge in [0.15, 0.2) is 5.78 Å². The molecule has 0 spiro atoms. The van der Waals surface area contributed by atoms with Crippen LogP contribution in [0.25, 0.3) is 0 Å². The average molecular weight is 448 g/mol. The van der Waals surface area contributed by atoms with E-state index in [4.69, 9.17) is 0 Å². The van der Waals surface area contributed by atoms with Crippen molar-refractivity contribution in [1.82, 2.24) is 0 Å². The highest BCUT2D eigenvalue weighted by Crippen LogP contribution is 2.30. The molecule has 0 aromatic heterocycles. The zero-order valence-corrected chi connectivity index (χ0v) is 17.7. The fourth-order valence-corrected chi connectivity index (χ4v) is 4.04. The Balaban J connectivity index is 1.44. The highest BCUT2D eigenvalue weighted by atomic mass is 32.2. The van der Waals surface area contributed by atoms with Crippen LogP contribution in [0.15, 0.2) is 71.6 Å². The SMILES string of the molecule is CC(=O)c1ccc(SCC(=O)Nc2cccc(N3C(=O)c4ccccc4C3=O)c2)c(F)c1. The number of benzene rings is 3. The lowest BCUT2D eigenvalue weighted by Crippen LogP contribution is -2.29. The van der Waals surface area contributed by atoms with Crippen LogP contribution in [0, 0.1) is 5.82 Å². The largest absolute Gasteiger partial charge is 0.325 e. The number of fused-ring (bicyclic) bond motifs is 1. The van der Waals surface area contributed by atoms with Gasteiger partial charge in [-0.1, -0.05) is 24.3 Å². The van der Waals surface area contributed by atoms with E-state index >= 15 is 0 Å². The van der Waals surface area contributed by atoms with Crippen LogP contribution >= 0.6 is 11.8 Å². The number of amides is 3. The Morgan fingerprint density at radius 1 is 0.938 bits per heavy atom. The van der Waals surface area contributed by atoms with Gasteiger partial charge < -0.3 is 5.32 Å².